The zero-order valence-electron chi connectivity index (χ0n) is 11.4. The van der Waals surface area contributed by atoms with Gasteiger partial charge >= 0.3 is 0 Å². The van der Waals surface area contributed by atoms with Gasteiger partial charge in [-0.05, 0) is 30.2 Å². The summed E-state index contributed by atoms with van der Waals surface area (Å²) in [6, 6.07) is 5.48. The molecule has 2 amide bonds. The summed E-state index contributed by atoms with van der Waals surface area (Å²) in [7, 11) is 0. The van der Waals surface area contributed by atoms with Gasteiger partial charge in [0.1, 0.15) is 12.4 Å². The first-order chi connectivity index (χ1) is 8.90. The van der Waals surface area contributed by atoms with E-state index in [0.717, 1.165) is 0 Å². The standard InChI is InChI=1S/C14H19FN2O2/c1-10(2)8-16-14(19)9-17(11(3)18)13-6-4-12(15)5-7-13/h4-7,10H,8-9H2,1-3H3,(H,16,19). The van der Waals surface area contributed by atoms with Crippen LogP contribution < -0.4 is 10.2 Å². The van der Waals surface area contributed by atoms with Crippen molar-refractivity contribution >= 4 is 17.5 Å². The topological polar surface area (TPSA) is 49.4 Å². The van der Waals surface area contributed by atoms with Crippen molar-refractivity contribution in [2.24, 2.45) is 5.92 Å². The molecule has 0 spiro atoms. The van der Waals surface area contributed by atoms with Gasteiger partial charge in [-0.2, -0.15) is 0 Å². The van der Waals surface area contributed by atoms with E-state index in [1.54, 1.807) is 0 Å². The number of rotatable bonds is 5. The maximum Gasteiger partial charge on any atom is 0.240 e. The number of hydrogen-bond donors (Lipinski definition) is 1. The van der Waals surface area contributed by atoms with Crippen LogP contribution in [0.4, 0.5) is 10.1 Å². The molecule has 4 nitrogen and oxygen atoms in total. The first-order valence-electron chi connectivity index (χ1n) is 6.20. The van der Waals surface area contributed by atoms with E-state index >= 15 is 0 Å². The summed E-state index contributed by atoms with van der Waals surface area (Å²) in [6.45, 7) is 5.85. The van der Waals surface area contributed by atoms with E-state index in [9.17, 15) is 14.0 Å². The van der Waals surface area contributed by atoms with Gasteiger partial charge in [0, 0.05) is 19.2 Å². The normalized spacial score (nSPS) is 10.4. The van der Waals surface area contributed by atoms with Crippen LogP contribution in [0.15, 0.2) is 24.3 Å². The molecule has 1 aromatic rings. The number of nitrogens with one attached hydrogen (secondary N) is 1. The number of halogens is 1. The minimum atomic E-state index is -0.378. The van der Waals surface area contributed by atoms with Crippen molar-refractivity contribution < 1.29 is 14.0 Å². The monoisotopic (exact) mass is 266 g/mol. The largest absolute Gasteiger partial charge is 0.354 e. The number of carbonyl (C=O) groups is 2. The van der Waals surface area contributed by atoms with E-state index in [-0.39, 0.29) is 24.2 Å². The van der Waals surface area contributed by atoms with Crippen LogP contribution in [0.25, 0.3) is 0 Å². The van der Waals surface area contributed by atoms with Gasteiger partial charge in [0.25, 0.3) is 0 Å². The highest BCUT2D eigenvalue weighted by molar-refractivity contribution is 5.97. The van der Waals surface area contributed by atoms with E-state index in [4.69, 9.17) is 0 Å². The molecule has 0 heterocycles. The molecule has 5 heteroatoms. The average Bonchev–Trinajstić information content (AvgIpc) is 2.34. The van der Waals surface area contributed by atoms with Gasteiger partial charge in [-0.15, -0.1) is 0 Å². The molecule has 1 aromatic carbocycles. The Kier molecular flexibility index (Phi) is 5.48. The summed E-state index contributed by atoms with van der Waals surface area (Å²) < 4.78 is 12.8. The van der Waals surface area contributed by atoms with Gasteiger partial charge in [-0.3, -0.25) is 9.59 Å². The number of benzene rings is 1. The van der Waals surface area contributed by atoms with Crippen LogP contribution in [0.3, 0.4) is 0 Å². The van der Waals surface area contributed by atoms with Crippen LogP contribution >= 0.6 is 0 Å². The van der Waals surface area contributed by atoms with Gasteiger partial charge in [0.15, 0.2) is 0 Å². The van der Waals surface area contributed by atoms with Crippen LogP contribution in [0.1, 0.15) is 20.8 Å². The van der Waals surface area contributed by atoms with Crippen molar-refractivity contribution in [3.05, 3.63) is 30.1 Å². The average molecular weight is 266 g/mol. The lowest BCUT2D eigenvalue weighted by molar-refractivity contribution is -0.123. The zero-order valence-corrected chi connectivity index (χ0v) is 11.4. The molecule has 0 aliphatic heterocycles. The molecule has 19 heavy (non-hydrogen) atoms. The number of amides is 2. The lowest BCUT2D eigenvalue weighted by atomic mass is 10.2. The van der Waals surface area contributed by atoms with Gasteiger partial charge < -0.3 is 10.2 Å². The Morgan fingerprint density at radius 1 is 1.26 bits per heavy atom. The van der Waals surface area contributed by atoms with E-state index in [0.29, 0.717) is 18.2 Å². The Bertz CT molecular complexity index is 443. The third-order valence-corrected chi connectivity index (χ3v) is 2.53. The Labute approximate surface area is 112 Å². The lowest BCUT2D eigenvalue weighted by Gasteiger charge is -2.21. The van der Waals surface area contributed by atoms with E-state index in [2.05, 4.69) is 5.32 Å². The first-order valence-corrected chi connectivity index (χ1v) is 6.20. The summed E-state index contributed by atoms with van der Waals surface area (Å²) >= 11 is 0. The smallest absolute Gasteiger partial charge is 0.240 e. The molecule has 0 bridgehead atoms. The second-order valence-electron chi connectivity index (χ2n) is 4.78. The molecular formula is C14H19FN2O2. The van der Waals surface area contributed by atoms with Gasteiger partial charge in [-0.1, -0.05) is 13.8 Å². The molecule has 0 unspecified atom stereocenters. The second-order valence-corrected chi connectivity index (χ2v) is 4.78. The van der Waals surface area contributed by atoms with Crippen molar-refractivity contribution in [1.82, 2.24) is 5.32 Å². The van der Waals surface area contributed by atoms with Crippen LogP contribution in [0.2, 0.25) is 0 Å². The first kappa shape index (κ1) is 15.1. The maximum atomic E-state index is 12.8. The van der Waals surface area contributed by atoms with E-state index in [1.165, 1.54) is 36.1 Å². The van der Waals surface area contributed by atoms with Crippen LogP contribution in [-0.2, 0) is 9.59 Å². The number of hydrogen-bond acceptors (Lipinski definition) is 2. The van der Waals surface area contributed by atoms with Crippen molar-refractivity contribution in [1.29, 1.82) is 0 Å². The molecule has 1 rings (SSSR count). The van der Waals surface area contributed by atoms with Crippen molar-refractivity contribution in [3.8, 4) is 0 Å². The third kappa shape index (κ3) is 5.07. The number of anilines is 1. The molecule has 0 aliphatic rings. The molecule has 0 aromatic heterocycles. The second kappa shape index (κ2) is 6.87. The summed E-state index contributed by atoms with van der Waals surface area (Å²) in [4.78, 5) is 24.6. The fourth-order valence-electron chi connectivity index (χ4n) is 1.52. The highest BCUT2D eigenvalue weighted by Gasteiger charge is 2.15. The van der Waals surface area contributed by atoms with Crippen molar-refractivity contribution in [2.45, 2.75) is 20.8 Å². The van der Waals surface area contributed by atoms with Crippen LogP contribution in [0, 0.1) is 11.7 Å². The van der Waals surface area contributed by atoms with Crippen molar-refractivity contribution in [3.63, 3.8) is 0 Å². The molecule has 1 N–H and O–H groups in total. The van der Waals surface area contributed by atoms with Crippen molar-refractivity contribution in [2.75, 3.05) is 18.0 Å². The Morgan fingerprint density at radius 3 is 2.32 bits per heavy atom. The summed E-state index contributed by atoms with van der Waals surface area (Å²) in [6.07, 6.45) is 0. The highest BCUT2D eigenvalue weighted by Crippen LogP contribution is 2.14. The number of carbonyl (C=O) groups excluding carboxylic acids is 2. The summed E-state index contributed by atoms with van der Waals surface area (Å²) in [5.41, 5.74) is 0.508. The highest BCUT2D eigenvalue weighted by atomic mass is 19.1. The SMILES string of the molecule is CC(=O)N(CC(=O)NCC(C)C)c1ccc(F)cc1. The quantitative estimate of drug-likeness (QED) is 0.885. The predicted octanol–water partition coefficient (Wildman–Crippen LogP) is 1.95. The Hall–Kier alpha value is -1.91. The molecule has 0 saturated carbocycles. The fraction of sp³-hybridized carbons (Fsp3) is 0.429. The minimum absolute atomic E-state index is 0.0618. The lowest BCUT2D eigenvalue weighted by Crippen LogP contribution is -2.40. The molecule has 0 aliphatic carbocycles. The molecule has 0 radical (unpaired) electrons. The van der Waals surface area contributed by atoms with Crippen LogP contribution in [0.5, 0.6) is 0 Å². The fourth-order valence-corrected chi connectivity index (χ4v) is 1.52. The molecule has 0 atom stereocenters. The van der Waals surface area contributed by atoms with Gasteiger partial charge in [0.05, 0.1) is 0 Å². The third-order valence-electron chi connectivity index (χ3n) is 2.53. The minimum Gasteiger partial charge on any atom is -0.354 e. The van der Waals surface area contributed by atoms with E-state index < -0.39 is 0 Å². The van der Waals surface area contributed by atoms with Gasteiger partial charge in [-0.25, -0.2) is 4.39 Å². The molecule has 0 fully saturated rings. The van der Waals surface area contributed by atoms with Gasteiger partial charge in [0.2, 0.25) is 11.8 Å². The van der Waals surface area contributed by atoms with Crippen LogP contribution in [-0.4, -0.2) is 24.9 Å². The summed E-state index contributed by atoms with van der Waals surface area (Å²) in [5.74, 6) is -0.517. The molecule has 104 valence electrons. The molecule has 0 saturated heterocycles. The Balaban J connectivity index is 2.71. The molecular weight excluding hydrogens is 247 g/mol. The predicted molar refractivity (Wildman–Crippen MR) is 72.3 cm³/mol. The Morgan fingerprint density at radius 2 is 1.84 bits per heavy atom. The van der Waals surface area contributed by atoms with E-state index in [1.807, 2.05) is 13.8 Å². The summed E-state index contributed by atoms with van der Waals surface area (Å²) in [5, 5.41) is 2.74. The zero-order chi connectivity index (χ0) is 14.4. The number of nitrogens with zero attached hydrogens (tertiary/aromatic N) is 1. The maximum absolute atomic E-state index is 12.8.